The number of nitrogens with zero attached hydrogens (tertiary/aromatic N) is 7. The number of thiol groups is 1. The fourth-order valence-electron chi connectivity index (χ4n) is 6.94. The first-order valence-electron chi connectivity index (χ1n) is 16.1. The van der Waals surface area contributed by atoms with E-state index in [-0.39, 0.29) is 39.3 Å². The monoisotopic (exact) mass is 645 g/mol. The summed E-state index contributed by atoms with van der Waals surface area (Å²) < 4.78 is 25.6. The van der Waals surface area contributed by atoms with Gasteiger partial charge in [0.05, 0.1) is 12.2 Å². The van der Waals surface area contributed by atoms with Gasteiger partial charge in [0.1, 0.15) is 17.9 Å². The van der Waals surface area contributed by atoms with Gasteiger partial charge in [-0.05, 0) is 71.7 Å². The number of benzene rings is 1. The molecule has 0 radical (unpaired) electrons. The van der Waals surface area contributed by atoms with Gasteiger partial charge in [0.25, 0.3) is 11.8 Å². The van der Waals surface area contributed by atoms with Crippen LogP contribution in [0.1, 0.15) is 64.7 Å². The average Bonchev–Trinajstić information content (AvgIpc) is 3.41. The Morgan fingerprint density at radius 2 is 1.96 bits per heavy atom. The van der Waals surface area contributed by atoms with Crippen LogP contribution in [0.15, 0.2) is 24.5 Å². The van der Waals surface area contributed by atoms with Crippen LogP contribution in [-0.2, 0) is 4.74 Å². The van der Waals surface area contributed by atoms with Gasteiger partial charge in [-0.1, -0.05) is 13.8 Å². The van der Waals surface area contributed by atoms with Crippen LogP contribution in [0.5, 0.6) is 11.6 Å². The number of likely N-dealkylation sites (tertiary alicyclic amines) is 1. The molecule has 1 spiro atoms. The molecule has 0 N–H and O–H groups in total. The Kier molecular flexibility index (Phi) is 11.7. The molecule has 250 valence electrons. The quantitative estimate of drug-likeness (QED) is 0.273. The van der Waals surface area contributed by atoms with E-state index in [4.69, 9.17) is 22.1 Å². The molecule has 2 saturated heterocycles. The lowest BCUT2D eigenvalue weighted by molar-refractivity contribution is -0.0368. The van der Waals surface area contributed by atoms with Gasteiger partial charge in [0, 0.05) is 75.2 Å². The molecule has 2 atom stereocenters. The van der Waals surface area contributed by atoms with E-state index in [0.717, 1.165) is 52.1 Å². The second-order valence-electron chi connectivity index (χ2n) is 13.8. The lowest BCUT2D eigenvalue weighted by Crippen LogP contribution is -2.63. The molecule has 2 aliphatic heterocycles. The molecule has 45 heavy (non-hydrogen) atoms. The van der Waals surface area contributed by atoms with Crippen LogP contribution in [0.3, 0.4) is 0 Å². The number of halogens is 1. The molecular weight excluding hydrogens is 593 g/mol. The SMILES string of the molecule is CCN(C(=O)c1cc(F)ccc1Oc1nncnc1N1CCC2(C1)CN(C(CC(C)(S)CN(C)CCOC)C(C)C)C2)C(C)C. The van der Waals surface area contributed by atoms with Crippen molar-refractivity contribution in [3.63, 3.8) is 0 Å². The molecule has 12 heteroatoms. The number of rotatable bonds is 15. The topological polar surface area (TPSA) is 87.2 Å². The van der Waals surface area contributed by atoms with E-state index in [1.807, 2.05) is 20.8 Å². The summed E-state index contributed by atoms with van der Waals surface area (Å²) in [7, 11) is 3.86. The molecule has 3 heterocycles. The van der Waals surface area contributed by atoms with Crippen LogP contribution in [0.4, 0.5) is 10.2 Å². The number of hydrogen-bond acceptors (Lipinski definition) is 10. The molecule has 2 fully saturated rings. The summed E-state index contributed by atoms with van der Waals surface area (Å²) in [5, 5.41) is 8.23. The minimum atomic E-state index is -0.505. The summed E-state index contributed by atoms with van der Waals surface area (Å²) in [6.45, 7) is 19.3. The van der Waals surface area contributed by atoms with Crippen molar-refractivity contribution in [3.8, 4) is 11.6 Å². The Bertz CT molecular complexity index is 1290. The Balaban J connectivity index is 1.45. The van der Waals surface area contributed by atoms with E-state index in [0.29, 0.717) is 30.9 Å². The molecule has 0 bridgehead atoms. The highest BCUT2D eigenvalue weighted by atomic mass is 32.1. The molecule has 2 unspecified atom stereocenters. The van der Waals surface area contributed by atoms with E-state index in [1.165, 1.54) is 24.5 Å². The van der Waals surface area contributed by atoms with Crippen molar-refractivity contribution in [3.05, 3.63) is 35.9 Å². The van der Waals surface area contributed by atoms with Crippen LogP contribution < -0.4 is 9.64 Å². The molecule has 4 rings (SSSR count). The van der Waals surface area contributed by atoms with Crippen molar-refractivity contribution < 1.29 is 18.7 Å². The van der Waals surface area contributed by atoms with Gasteiger partial charge in [0.2, 0.25) is 0 Å². The Morgan fingerprint density at radius 1 is 1.22 bits per heavy atom. The van der Waals surface area contributed by atoms with Crippen molar-refractivity contribution >= 4 is 24.4 Å². The zero-order valence-electron chi connectivity index (χ0n) is 28.3. The van der Waals surface area contributed by atoms with Gasteiger partial charge in [-0.25, -0.2) is 9.37 Å². The van der Waals surface area contributed by atoms with Crippen molar-refractivity contribution in [1.82, 2.24) is 29.9 Å². The van der Waals surface area contributed by atoms with E-state index in [9.17, 15) is 9.18 Å². The maximum absolute atomic E-state index is 14.3. The number of carbonyl (C=O) groups excluding carboxylic acids is 1. The summed E-state index contributed by atoms with van der Waals surface area (Å²) in [5.74, 6) is 0.733. The first kappa shape index (κ1) is 35.3. The average molecular weight is 646 g/mol. The fourth-order valence-corrected chi connectivity index (χ4v) is 7.36. The third kappa shape index (κ3) is 8.64. The Morgan fingerprint density at radius 3 is 2.60 bits per heavy atom. The van der Waals surface area contributed by atoms with Crippen LogP contribution in [-0.4, -0.2) is 119 Å². The van der Waals surface area contributed by atoms with Crippen molar-refractivity contribution in [2.45, 2.75) is 71.2 Å². The number of aromatic nitrogens is 3. The van der Waals surface area contributed by atoms with E-state index >= 15 is 0 Å². The molecule has 10 nitrogen and oxygen atoms in total. The Hall–Kier alpha value is -2.54. The number of ether oxygens (including phenoxy) is 2. The van der Waals surface area contributed by atoms with Gasteiger partial charge in [-0.15, -0.1) is 10.2 Å². The highest BCUT2D eigenvalue weighted by Crippen LogP contribution is 2.45. The lowest BCUT2D eigenvalue weighted by Gasteiger charge is -2.54. The minimum Gasteiger partial charge on any atom is -0.434 e. The second kappa shape index (κ2) is 14.9. The molecule has 2 aromatic rings. The first-order chi connectivity index (χ1) is 21.3. The van der Waals surface area contributed by atoms with E-state index in [2.05, 4.69) is 57.7 Å². The van der Waals surface area contributed by atoms with Crippen LogP contribution in [0.25, 0.3) is 0 Å². The summed E-state index contributed by atoms with van der Waals surface area (Å²) in [4.78, 5) is 26.7. The number of anilines is 1. The van der Waals surface area contributed by atoms with Crippen molar-refractivity contribution in [2.24, 2.45) is 11.3 Å². The zero-order chi connectivity index (χ0) is 32.9. The maximum atomic E-state index is 14.3. The van der Waals surface area contributed by atoms with Crippen LogP contribution in [0.2, 0.25) is 0 Å². The standard InChI is InChI=1S/C33H52FN7O3S/c1-9-41(24(4)5)31(42)26-16-25(34)10-11-28(26)44-30-29(35-22-36-37-30)39-13-12-33(19-39)20-40(21-33)27(23(2)3)17-32(6,45)18-38(7)14-15-43-8/h10-11,16,22-24,27,45H,9,12-15,17-21H2,1-8H3. The molecule has 1 amide bonds. The maximum Gasteiger partial charge on any atom is 0.282 e. The predicted octanol–water partition coefficient (Wildman–Crippen LogP) is 4.87. The molecule has 1 aromatic heterocycles. The van der Waals surface area contributed by atoms with Crippen molar-refractivity contribution in [1.29, 1.82) is 0 Å². The summed E-state index contributed by atoms with van der Waals surface area (Å²) in [5.41, 5.74) is 0.309. The third-order valence-electron chi connectivity index (χ3n) is 9.17. The summed E-state index contributed by atoms with van der Waals surface area (Å²) >= 11 is 5.11. The van der Waals surface area contributed by atoms with Gasteiger partial charge in [0.15, 0.2) is 5.82 Å². The minimum absolute atomic E-state index is 0.0470. The number of hydrogen-bond donors (Lipinski definition) is 1. The third-order valence-corrected chi connectivity index (χ3v) is 9.49. The predicted molar refractivity (Wildman–Crippen MR) is 179 cm³/mol. The normalized spacial score (nSPS) is 18.5. The number of amides is 1. The number of carbonyl (C=O) groups is 1. The molecule has 0 saturated carbocycles. The lowest BCUT2D eigenvalue weighted by atomic mass is 9.76. The van der Waals surface area contributed by atoms with E-state index in [1.54, 1.807) is 12.0 Å². The summed E-state index contributed by atoms with van der Waals surface area (Å²) in [6.07, 6.45) is 3.46. The highest BCUT2D eigenvalue weighted by molar-refractivity contribution is 7.81. The molecular formula is C33H52FN7O3S. The highest BCUT2D eigenvalue weighted by Gasteiger charge is 2.51. The molecule has 2 aliphatic rings. The largest absolute Gasteiger partial charge is 0.434 e. The van der Waals surface area contributed by atoms with Gasteiger partial charge in [-0.2, -0.15) is 12.6 Å². The zero-order valence-corrected chi connectivity index (χ0v) is 29.2. The number of likely N-dealkylation sites (N-methyl/N-ethyl adjacent to an activating group) is 1. The van der Waals surface area contributed by atoms with Gasteiger partial charge < -0.3 is 24.2 Å². The summed E-state index contributed by atoms with van der Waals surface area (Å²) in [6, 6.07) is 4.37. The Labute approximate surface area is 274 Å². The number of methoxy groups -OCH3 is 1. The molecule has 1 aromatic carbocycles. The fraction of sp³-hybridized carbons (Fsp3) is 0.697. The van der Waals surface area contributed by atoms with E-state index < -0.39 is 5.82 Å². The van der Waals surface area contributed by atoms with Gasteiger partial charge in [-0.3, -0.25) is 9.69 Å². The molecule has 0 aliphatic carbocycles. The van der Waals surface area contributed by atoms with Crippen LogP contribution >= 0.6 is 12.6 Å². The smallest absolute Gasteiger partial charge is 0.282 e. The van der Waals surface area contributed by atoms with Crippen molar-refractivity contribution in [2.75, 3.05) is 71.5 Å². The second-order valence-corrected chi connectivity index (χ2v) is 14.9. The van der Waals surface area contributed by atoms with Crippen LogP contribution in [0, 0.1) is 17.2 Å². The first-order valence-corrected chi connectivity index (χ1v) is 16.6. The van der Waals surface area contributed by atoms with Gasteiger partial charge >= 0.3 is 0 Å².